The SMILES string of the molecule is CCCn1ncc(Br)c1C(NC)c1ccc(Cl)cc1OC. The molecule has 0 bridgehead atoms. The molecular weight excluding hydrogens is 354 g/mol. The quantitative estimate of drug-likeness (QED) is 0.832. The third-order valence-corrected chi connectivity index (χ3v) is 4.18. The van der Waals surface area contributed by atoms with Crippen LogP contribution < -0.4 is 10.1 Å². The number of nitrogens with zero attached hydrogens (tertiary/aromatic N) is 2. The van der Waals surface area contributed by atoms with Crippen molar-refractivity contribution in [2.75, 3.05) is 14.2 Å². The highest BCUT2D eigenvalue weighted by atomic mass is 79.9. The summed E-state index contributed by atoms with van der Waals surface area (Å²) in [5.74, 6) is 0.762. The fraction of sp³-hybridized carbons (Fsp3) is 0.400. The summed E-state index contributed by atoms with van der Waals surface area (Å²) >= 11 is 9.65. The zero-order chi connectivity index (χ0) is 15.4. The van der Waals surface area contributed by atoms with Gasteiger partial charge in [0.1, 0.15) is 5.75 Å². The van der Waals surface area contributed by atoms with Crippen LogP contribution in [-0.4, -0.2) is 23.9 Å². The zero-order valence-corrected chi connectivity index (χ0v) is 14.7. The fourth-order valence-electron chi connectivity index (χ4n) is 2.41. The van der Waals surface area contributed by atoms with Gasteiger partial charge < -0.3 is 10.1 Å². The van der Waals surface area contributed by atoms with Crippen LogP contribution >= 0.6 is 27.5 Å². The smallest absolute Gasteiger partial charge is 0.125 e. The van der Waals surface area contributed by atoms with E-state index >= 15 is 0 Å². The minimum Gasteiger partial charge on any atom is -0.496 e. The van der Waals surface area contributed by atoms with Crippen LogP contribution in [0.2, 0.25) is 5.02 Å². The Labute approximate surface area is 138 Å². The lowest BCUT2D eigenvalue weighted by Gasteiger charge is -2.21. The average Bonchev–Trinajstić information content (AvgIpc) is 2.83. The molecule has 0 aliphatic heterocycles. The van der Waals surface area contributed by atoms with Crippen molar-refractivity contribution in [2.45, 2.75) is 25.9 Å². The molecule has 1 aromatic carbocycles. The van der Waals surface area contributed by atoms with Crippen molar-refractivity contribution in [1.29, 1.82) is 0 Å². The van der Waals surface area contributed by atoms with E-state index in [4.69, 9.17) is 16.3 Å². The Bertz CT molecular complexity index is 615. The van der Waals surface area contributed by atoms with Crippen LogP contribution in [-0.2, 0) is 6.54 Å². The van der Waals surface area contributed by atoms with Crippen LogP contribution in [0, 0.1) is 0 Å². The number of ether oxygens (including phenoxy) is 1. The molecule has 0 aliphatic rings. The Morgan fingerprint density at radius 1 is 1.48 bits per heavy atom. The number of halogens is 2. The minimum absolute atomic E-state index is 0.0272. The van der Waals surface area contributed by atoms with Gasteiger partial charge in [-0.1, -0.05) is 24.6 Å². The van der Waals surface area contributed by atoms with Crippen molar-refractivity contribution in [3.8, 4) is 5.75 Å². The van der Waals surface area contributed by atoms with Crippen LogP contribution in [0.4, 0.5) is 0 Å². The molecule has 0 spiro atoms. The highest BCUT2D eigenvalue weighted by Crippen LogP contribution is 2.35. The van der Waals surface area contributed by atoms with Gasteiger partial charge in [-0.25, -0.2) is 0 Å². The molecule has 1 atom stereocenters. The molecule has 0 radical (unpaired) electrons. The van der Waals surface area contributed by atoms with Gasteiger partial charge in [0.05, 0.1) is 29.5 Å². The molecule has 2 aromatic rings. The van der Waals surface area contributed by atoms with E-state index in [1.165, 1.54) is 0 Å². The Balaban J connectivity index is 2.52. The number of hydrogen-bond donors (Lipinski definition) is 1. The van der Waals surface area contributed by atoms with Crippen LogP contribution in [0.1, 0.15) is 30.6 Å². The maximum Gasteiger partial charge on any atom is 0.125 e. The van der Waals surface area contributed by atoms with Gasteiger partial charge in [0.25, 0.3) is 0 Å². The largest absolute Gasteiger partial charge is 0.496 e. The molecule has 2 rings (SSSR count). The first-order valence-electron chi connectivity index (χ1n) is 6.84. The van der Waals surface area contributed by atoms with Crippen molar-refractivity contribution < 1.29 is 4.74 Å². The maximum atomic E-state index is 6.05. The highest BCUT2D eigenvalue weighted by Gasteiger charge is 2.23. The first kappa shape index (κ1) is 16.3. The molecule has 0 saturated heterocycles. The first-order chi connectivity index (χ1) is 10.1. The summed E-state index contributed by atoms with van der Waals surface area (Å²) < 4.78 is 8.47. The van der Waals surface area contributed by atoms with Crippen molar-refractivity contribution in [3.05, 3.63) is 45.1 Å². The number of methoxy groups -OCH3 is 1. The molecule has 0 saturated carbocycles. The predicted molar refractivity (Wildman–Crippen MR) is 89.1 cm³/mol. The van der Waals surface area contributed by atoms with Gasteiger partial charge in [0.2, 0.25) is 0 Å². The molecule has 0 fully saturated rings. The molecular formula is C15H19BrClN3O. The van der Waals surface area contributed by atoms with E-state index in [-0.39, 0.29) is 6.04 Å². The number of aromatic nitrogens is 2. The van der Waals surface area contributed by atoms with Crippen LogP contribution in [0.3, 0.4) is 0 Å². The Morgan fingerprint density at radius 2 is 2.24 bits per heavy atom. The van der Waals surface area contributed by atoms with Gasteiger partial charge in [0, 0.05) is 17.1 Å². The molecule has 6 heteroatoms. The van der Waals surface area contributed by atoms with E-state index < -0.39 is 0 Å². The summed E-state index contributed by atoms with van der Waals surface area (Å²) in [6.07, 6.45) is 2.85. The van der Waals surface area contributed by atoms with E-state index in [0.29, 0.717) is 5.02 Å². The van der Waals surface area contributed by atoms with Gasteiger partial charge in [0.15, 0.2) is 0 Å². The van der Waals surface area contributed by atoms with Gasteiger partial charge in [-0.15, -0.1) is 0 Å². The van der Waals surface area contributed by atoms with E-state index in [1.807, 2.05) is 36.1 Å². The molecule has 0 amide bonds. The van der Waals surface area contributed by atoms with Crippen molar-refractivity contribution in [2.24, 2.45) is 0 Å². The lowest BCUT2D eigenvalue weighted by Crippen LogP contribution is -2.22. The number of hydrogen-bond acceptors (Lipinski definition) is 3. The zero-order valence-electron chi connectivity index (χ0n) is 12.4. The summed E-state index contributed by atoms with van der Waals surface area (Å²) in [5, 5.41) is 8.44. The van der Waals surface area contributed by atoms with Crippen molar-refractivity contribution >= 4 is 27.5 Å². The molecule has 114 valence electrons. The van der Waals surface area contributed by atoms with Crippen LogP contribution in [0.15, 0.2) is 28.9 Å². The fourth-order valence-corrected chi connectivity index (χ4v) is 3.10. The molecule has 0 aliphatic carbocycles. The maximum absolute atomic E-state index is 6.05. The summed E-state index contributed by atoms with van der Waals surface area (Å²) in [6.45, 7) is 3.01. The molecule has 21 heavy (non-hydrogen) atoms. The average molecular weight is 373 g/mol. The topological polar surface area (TPSA) is 39.1 Å². The third kappa shape index (κ3) is 3.42. The van der Waals surface area contributed by atoms with Crippen LogP contribution in [0.5, 0.6) is 5.75 Å². The van der Waals surface area contributed by atoms with E-state index in [1.54, 1.807) is 7.11 Å². The monoisotopic (exact) mass is 371 g/mol. The summed E-state index contributed by atoms with van der Waals surface area (Å²) in [7, 11) is 3.58. The van der Waals surface area contributed by atoms with Crippen LogP contribution in [0.25, 0.3) is 0 Å². The Morgan fingerprint density at radius 3 is 2.86 bits per heavy atom. The number of aryl methyl sites for hydroxylation is 1. The second-order valence-electron chi connectivity index (χ2n) is 4.71. The number of benzene rings is 1. The lowest BCUT2D eigenvalue weighted by molar-refractivity contribution is 0.403. The molecule has 1 aromatic heterocycles. The molecule has 1 heterocycles. The lowest BCUT2D eigenvalue weighted by atomic mass is 10.0. The minimum atomic E-state index is -0.0272. The molecule has 4 nitrogen and oxygen atoms in total. The van der Waals surface area contributed by atoms with E-state index in [9.17, 15) is 0 Å². The Hall–Kier alpha value is -1.04. The second-order valence-corrected chi connectivity index (χ2v) is 6.00. The van der Waals surface area contributed by atoms with E-state index in [2.05, 4.69) is 33.3 Å². The summed E-state index contributed by atoms with van der Waals surface area (Å²) in [4.78, 5) is 0. The second kappa shape index (κ2) is 7.29. The molecule has 1 N–H and O–H groups in total. The Kier molecular flexibility index (Phi) is 5.67. The molecule has 1 unspecified atom stereocenters. The summed E-state index contributed by atoms with van der Waals surface area (Å²) in [5.41, 5.74) is 2.11. The van der Waals surface area contributed by atoms with Crippen molar-refractivity contribution in [1.82, 2.24) is 15.1 Å². The first-order valence-corrected chi connectivity index (χ1v) is 8.01. The van der Waals surface area contributed by atoms with Gasteiger partial charge >= 0.3 is 0 Å². The predicted octanol–water partition coefficient (Wildman–Crippen LogP) is 4.03. The van der Waals surface area contributed by atoms with E-state index in [0.717, 1.165) is 34.4 Å². The standard InChI is InChI=1S/C15H19BrClN3O/c1-4-7-20-15(12(16)9-19-20)14(18-2)11-6-5-10(17)8-13(11)21-3/h5-6,8-9,14,18H,4,7H2,1-3H3. The number of nitrogens with one attached hydrogen (secondary N) is 1. The van der Waals surface area contributed by atoms with Crippen molar-refractivity contribution in [3.63, 3.8) is 0 Å². The van der Waals surface area contributed by atoms with Gasteiger partial charge in [-0.2, -0.15) is 5.10 Å². The number of rotatable bonds is 6. The van der Waals surface area contributed by atoms with Gasteiger partial charge in [-0.3, -0.25) is 4.68 Å². The van der Waals surface area contributed by atoms with Gasteiger partial charge in [-0.05, 0) is 41.5 Å². The highest BCUT2D eigenvalue weighted by molar-refractivity contribution is 9.10. The third-order valence-electron chi connectivity index (χ3n) is 3.34. The normalized spacial score (nSPS) is 12.4. The summed E-state index contributed by atoms with van der Waals surface area (Å²) in [6, 6.07) is 5.66.